The Kier molecular flexibility index (Phi) is 7.35. The Balaban J connectivity index is 1.79. The van der Waals surface area contributed by atoms with Crippen LogP contribution >= 0.6 is 0 Å². The summed E-state index contributed by atoms with van der Waals surface area (Å²) in [6.45, 7) is 6.78. The number of nitrogens with one attached hydrogen (secondary N) is 1. The third-order valence-corrected chi connectivity index (χ3v) is 3.85. The molecule has 1 atom stereocenters. The van der Waals surface area contributed by atoms with Gasteiger partial charge in [-0.05, 0) is 6.42 Å². The summed E-state index contributed by atoms with van der Waals surface area (Å²) in [5.74, 6) is 0.904. The predicted octanol–water partition coefficient (Wildman–Crippen LogP) is 1.19. The molecule has 0 radical (unpaired) electrons. The largest absolute Gasteiger partial charge is 0.380 e. The summed E-state index contributed by atoms with van der Waals surface area (Å²) in [4.78, 5) is 6.61. The average Bonchev–Trinajstić information content (AvgIpc) is 3.01. The van der Waals surface area contributed by atoms with Crippen LogP contribution in [0.2, 0.25) is 0 Å². The minimum atomic E-state index is 0.0387. The predicted molar refractivity (Wildman–Crippen MR) is 90.6 cm³/mol. The average molecular weight is 323 g/mol. The van der Waals surface area contributed by atoms with Gasteiger partial charge in [-0.1, -0.05) is 13.3 Å². The molecule has 0 aliphatic carbocycles. The Labute approximate surface area is 138 Å². The fourth-order valence-corrected chi connectivity index (χ4v) is 2.57. The molecular weight excluding hydrogens is 294 g/mol. The molecule has 1 fully saturated rings. The van der Waals surface area contributed by atoms with Crippen molar-refractivity contribution in [2.24, 2.45) is 12.0 Å². The van der Waals surface area contributed by atoms with Crippen molar-refractivity contribution in [2.45, 2.75) is 25.9 Å². The van der Waals surface area contributed by atoms with E-state index in [0.717, 1.165) is 44.2 Å². The Morgan fingerprint density at radius 3 is 3.09 bits per heavy atom. The van der Waals surface area contributed by atoms with Crippen LogP contribution in [0.25, 0.3) is 0 Å². The Hall–Kier alpha value is -1.60. The number of ether oxygens (including phenoxy) is 2. The van der Waals surface area contributed by atoms with Gasteiger partial charge in [0.15, 0.2) is 5.96 Å². The normalized spacial score (nSPS) is 19.2. The van der Waals surface area contributed by atoms with E-state index in [9.17, 15) is 0 Å². The maximum atomic E-state index is 5.87. The molecule has 0 amide bonds. The first-order valence-electron chi connectivity index (χ1n) is 8.38. The number of morpholine rings is 1. The molecule has 0 bridgehead atoms. The second-order valence-corrected chi connectivity index (χ2v) is 5.69. The number of aliphatic imine (C=N–C) groups is 1. The highest BCUT2D eigenvalue weighted by atomic mass is 16.5. The van der Waals surface area contributed by atoms with E-state index >= 15 is 0 Å². The summed E-state index contributed by atoms with van der Waals surface area (Å²) >= 11 is 0. The van der Waals surface area contributed by atoms with E-state index < -0.39 is 0 Å². The van der Waals surface area contributed by atoms with E-state index in [0.29, 0.717) is 13.2 Å². The summed E-state index contributed by atoms with van der Waals surface area (Å²) in [6.07, 6.45) is 6.19. The van der Waals surface area contributed by atoms with Crippen LogP contribution in [0.3, 0.4) is 0 Å². The van der Waals surface area contributed by atoms with Crippen molar-refractivity contribution in [1.29, 1.82) is 0 Å². The highest BCUT2D eigenvalue weighted by molar-refractivity contribution is 5.80. The Morgan fingerprint density at radius 1 is 1.52 bits per heavy atom. The fraction of sp³-hybridized carbons (Fsp3) is 0.750. The molecular formula is C16H29N5O2. The number of hydrogen-bond acceptors (Lipinski definition) is 4. The van der Waals surface area contributed by atoms with E-state index in [1.165, 1.54) is 6.42 Å². The first-order valence-corrected chi connectivity index (χ1v) is 8.38. The second-order valence-electron chi connectivity index (χ2n) is 5.69. The van der Waals surface area contributed by atoms with Gasteiger partial charge in [-0.2, -0.15) is 5.10 Å². The molecule has 0 aromatic carbocycles. The van der Waals surface area contributed by atoms with Gasteiger partial charge in [-0.15, -0.1) is 0 Å². The van der Waals surface area contributed by atoms with Crippen molar-refractivity contribution >= 4 is 5.96 Å². The van der Waals surface area contributed by atoms with E-state index in [-0.39, 0.29) is 6.10 Å². The molecule has 1 N–H and O–H groups in total. The molecule has 0 saturated carbocycles. The van der Waals surface area contributed by atoms with Crippen LogP contribution in [-0.4, -0.2) is 67.1 Å². The number of guanidine groups is 1. The number of nitrogens with zero attached hydrogens (tertiary/aromatic N) is 4. The van der Waals surface area contributed by atoms with E-state index in [1.807, 2.05) is 26.5 Å². The van der Waals surface area contributed by atoms with Gasteiger partial charge in [0, 0.05) is 45.6 Å². The summed E-state index contributed by atoms with van der Waals surface area (Å²) in [7, 11) is 3.73. The van der Waals surface area contributed by atoms with Gasteiger partial charge in [0.05, 0.1) is 26.0 Å². The second kappa shape index (κ2) is 9.52. The van der Waals surface area contributed by atoms with Gasteiger partial charge in [-0.25, -0.2) is 0 Å². The van der Waals surface area contributed by atoms with Crippen LogP contribution in [-0.2, 0) is 16.5 Å². The quantitative estimate of drug-likeness (QED) is 0.464. The molecule has 23 heavy (non-hydrogen) atoms. The maximum Gasteiger partial charge on any atom is 0.193 e. The van der Waals surface area contributed by atoms with Gasteiger partial charge in [-0.3, -0.25) is 9.67 Å². The van der Waals surface area contributed by atoms with Crippen LogP contribution in [0.4, 0.5) is 0 Å². The number of aromatic nitrogens is 2. The lowest BCUT2D eigenvalue weighted by molar-refractivity contribution is -0.00814. The SMILES string of the molecule is CCCCOCCNC(=NC)N1CCOC(c2cnn(C)c2)C1. The smallest absolute Gasteiger partial charge is 0.193 e. The lowest BCUT2D eigenvalue weighted by Crippen LogP contribution is -2.48. The third kappa shape index (κ3) is 5.51. The zero-order chi connectivity index (χ0) is 16.5. The first-order chi connectivity index (χ1) is 11.2. The Bertz CT molecular complexity index is 489. The van der Waals surface area contributed by atoms with Crippen molar-refractivity contribution in [3.63, 3.8) is 0 Å². The minimum absolute atomic E-state index is 0.0387. The number of rotatable bonds is 7. The van der Waals surface area contributed by atoms with Gasteiger partial charge >= 0.3 is 0 Å². The molecule has 2 rings (SSSR count). The molecule has 7 nitrogen and oxygen atoms in total. The van der Waals surface area contributed by atoms with Gasteiger partial charge < -0.3 is 19.7 Å². The molecule has 1 aromatic heterocycles. The van der Waals surface area contributed by atoms with Crippen molar-refractivity contribution < 1.29 is 9.47 Å². The highest BCUT2D eigenvalue weighted by Crippen LogP contribution is 2.21. The summed E-state index contributed by atoms with van der Waals surface area (Å²) in [5.41, 5.74) is 1.11. The minimum Gasteiger partial charge on any atom is -0.380 e. The highest BCUT2D eigenvalue weighted by Gasteiger charge is 2.24. The fourth-order valence-electron chi connectivity index (χ4n) is 2.57. The third-order valence-electron chi connectivity index (χ3n) is 3.85. The first kappa shape index (κ1) is 17.7. The van der Waals surface area contributed by atoms with Crippen molar-refractivity contribution in [1.82, 2.24) is 20.0 Å². The lowest BCUT2D eigenvalue weighted by Gasteiger charge is -2.34. The molecule has 1 aromatic rings. The lowest BCUT2D eigenvalue weighted by atomic mass is 10.1. The number of unbranched alkanes of at least 4 members (excludes halogenated alkanes) is 1. The van der Waals surface area contributed by atoms with Crippen LogP contribution in [0.1, 0.15) is 31.4 Å². The molecule has 7 heteroatoms. The van der Waals surface area contributed by atoms with Crippen molar-refractivity contribution in [3.05, 3.63) is 18.0 Å². The molecule has 2 heterocycles. The van der Waals surface area contributed by atoms with Crippen LogP contribution in [0, 0.1) is 0 Å². The van der Waals surface area contributed by atoms with Crippen molar-refractivity contribution in [2.75, 3.05) is 46.5 Å². The summed E-state index contributed by atoms with van der Waals surface area (Å²) in [5, 5.41) is 7.59. The Morgan fingerprint density at radius 2 is 2.39 bits per heavy atom. The molecule has 130 valence electrons. The molecule has 1 aliphatic rings. The van der Waals surface area contributed by atoms with E-state index in [2.05, 4.69) is 27.2 Å². The molecule has 1 aliphatic heterocycles. The zero-order valence-corrected chi connectivity index (χ0v) is 14.5. The zero-order valence-electron chi connectivity index (χ0n) is 14.5. The van der Waals surface area contributed by atoms with Crippen LogP contribution < -0.4 is 5.32 Å². The molecule has 0 spiro atoms. The number of aryl methyl sites for hydroxylation is 1. The summed E-state index contributed by atoms with van der Waals surface area (Å²) in [6, 6.07) is 0. The molecule has 1 unspecified atom stereocenters. The van der Waals surface area contributed by atoms with Gasteiger partial charge in [0.2, 0.25) is 0 Å². The monoisotopic (exact) mass is 323 g/mol. The van der Waals surface area contributed by atoms with Gasteiger partial charge in [0.1, 0.15) is 6.10 Å². The van der Waals surface area contributed by atoms with Gasteiger partial charge in [0.25, 0.3) is 0 Å². The van der Waals surface area contributed by atoms with Crippen LogP contribution in [0.5, 0.6) is 0 Å². The van der Waals surface area contributed by atoms with E-state index in [4.69, 9.17) is 9.47 Å². The van der Waals surface area contributed by atoms with Crippen molar-refractivity contribution in [3.8, 4) is 0 Å². The van der Waals surface area contributed by atoms with Crippen LogP contribution in [0.15, 0.2) is 17.4 Å². The standard InChI is InChI=1S/C16H29N5O2/c1-4-5-8-22-9-6-18-16(17-2)21-7-10-23-15(13-21)14-11-19-20(3)12-14/h11-12,15H,4-10,13H2,1-3H3,(H,17,18). The summed E-state index contributed by atoms with van der Waals surface area (Å²) < 4.78 is 13.3. The van der Waals surface area contributed by atoms with E-state index in [1.54, 1.807) is 4.68 Å². The maximum absolute atomic E-state index is 5.87. The number of hydrogen-bond donors (Lipinski definition) is 1. The molecule has 1 saturated heterocycles. The topological polar surface area (TPSA) is 63.9 Å².